The van der Waals surface area contributed by atoms with Crippen molar-refractivity contribution in [2.75, 3.05) is 18.0 Å². The van der Waals surface area contributed by atoms with E-state index in [9.17, 15) is 5.11 Å². The first-order valence-corrected chi connectivity index (χ1v) is 6.90. The molecular weight excluding hydrogens is 226 g/mol. The van der Waals surface area contributed by atoms with Crippen LogP contribution in [0.5, 0.6) is 0 Å². The number of aromatic nitrogens is 2. The average Bonchev–Trinajstić information content (AvgIpc) is 2.80. The number of hydrogen-bond donors (Lipinski definition) is 1. The molecule has 2 rings (SSSR count). The highest BCUT2D eigenvalue weighted by Gasteiger charge is 2.21. The highest BCUT2D eigenvalue weighted by Crippen LogP contribution is 2.18. The van der Waals surface area contributed by atoms with Crippen LogP contribution in [0.25, 0.3) is 0 Å². The van der Waals surface area contributed by atoms with Crippen LogP contribution < -0.4 is 4.90 Å². The Morgan fingerprint density at radius 1 is 1.17 bits per heavy atom. The van der Waals surface area contributed by atoms with Gasteiger partial charge in [0.25, 0.3) is 0 Å². The summed E-state index contributed by atoms with van der Waals surface area (Å²) in [6.45, 7) is 13.4. The van der Waals surface area contributed by atoms with Crippen LogP contribution in [0.1, 0.15) is 45.6 Å². The zero-order chi connectivity index (χ0) is 14.1. The molecule has 0 aromatic carbocycles. The van der Waals surface area contributed by atoms with E-state index in [1.165, 1.54) is 0 Å². The first-order valence-electron chi connectivity index (χ1n) is 6.90. The van der Waals surface area contributed by atoms with Crippen molar-refractivity contribution in [2.24, 2.45) is 0 Å². The molecule has 1 aromatic heterocycles. The number of aliphatic hydroxyl groups excluding tert-OH is 1. The lowest BCUT2D eigenvalue weighted by molar-refractivity contribution is 0.198. The van der Waals surface area contributed by atoms with E-state index in [1.807, 2.05) is 47.6 Å². The Morgan fingerprint density at radius 3 is 2.22 bits per heavy atom. The molecule has 104 valence electrons. The van der Waals surface area contributed by atoms with Crippen LogP contribution in [-0.4, -0.2) is 34.3 Å². The van der Waals surface area contributed by atoms with E-state index in [-0.39, 0.29) is 6.10 Å². The maximum atomic E-state index is 9.41. The SMILES string of the molecule is CC.CC.Cc1cc(N2CCC(O)C2)nc(C)n1. The highest BCUT2D eigenvalue weighted by molar-refractivity contribution is 5.40. The second-order valence-electron chi connectivity index (χ2n) is 3.80. The van der Waals surface area contributed by atoms with E-state index in [4.69, 9.17) is 0 Å². The Morgan fingerprint density at radius 2 is 1.78 bits per heavy atom. The maximum absolute atomic E-state index is 9.41. The predicted octanol–water partition coefficient (Wildman–Crippen LogP) is 2.72. The molecular formula is C14H27N3O. The second-order valence-corrected chi connectivity index (χ2v) is 3.80. The van der Waals surface area contributed by atoms with Crippen molar-refractivity contribution in [1.82, 2.24) is 9.97 Å². The van der Waals surface area contributed by atoms with Crippen molar-refractivity contribution in [2.45, 2.75) is 54.1 Å². The largest absolute Gasteiger partial charge is 0.391 e. The van der Waals surface area contributed by atoms with Crippen LogP contribution in [0.2, 0.25) is 0 Å². The summed E-state index contributed by atoms with van der Waals surface area (Å²) in [7, 11) is 0. The predicted molar refractivity (Wildman–Crippen MR) is 77.0 cm³/mol. The summed E-state index contributed by atoms with van der Waals surface area (Å²) in [5.41, 5.74) is 0.980. The van der Waals surface area contributed by atoms with Crippen LogP contribution in [-0.2, 0) is 0 Å². The summed E-state index contributed by atoms with van der Waals surface area (Å²) in [5, 5.41) is 9.41. The molecule has 0 spiro atoms. The summed E-state index contributed by atoms with van der Waals surface area (Å²) in [5.74, 6) is 1.73. The Kier molecular flexibility index (Phi) is 8.29. The van der Waals surface area contributed by atoms with Gasteiger partial charge in [-0.2, -0.15) is 0 Å². The van der Waals surface area contributed by atoms with Crippen molar-refractivity contribution in [1.29, 1.82) is 0 Å². The number of anilines is 1. The number of β-amino-alcohol motifs (C(OH)–C–C–N with tert-alkyl or cyclic N) is 1. The van der Waals surface area contributed by atoms with Gasteiger partial charge < -0.3 is 10.0 Å². The lowest BCUT2D eigenvalue weighted by Gasteiger charge is -2.16. The smallest absolute Gasteiger partial charge is 0.132 e. The van der Waals surface area contributed by atoms with Crippen molar-refractivity contribution in [3.63, 3.8) is 0 Å². The molecule has 4 nitrogen and oxygen atoms in total. The third-order valence-corrected chi connectivity index (χ3v) is 2.44. The molecule has 0 bridgehead atoms. The molecule has 1 unspecified atom stereocenters. The van der Waals surface area contributed by atoms with Crippen LogP contribution in [0.15, 0.2) is 6.07 Å². The van der Waals surface area contributed by atoms with Crippen LogP contribution >= 0.6 is 0 Å². The molecule has 1 saturated heterocycles. The van der Waals surface area contributed by atoms with Crippen LogP contribution in [0.3, 0.4) is 0 Å². The minimum atomic E-state index is -0.203. The van der Waals surface area contributed by atoms with Crippen molar-refractivity contribution in [3.05, 3.63) is 17.6 Å². The Hall–Kier alpha value is -1.16. The van der Waals surface area contributed by atoms with Gasteiger partial charge in [0.2, 0.25) is 0 Å². The summed E-state index contributed by atoms with van der Waals surface area (Å²) in [4.78, 5) is 10.7. The van der Waals surface area contributed by atoms with Gasteiger partial charge in [0.15, 0.2) is 0 Å². The van der Waals surface area contributed by atoms with Crippen molar-refractivity contribution in [3.8, 4) is 0 Å². The van der Waals surface area contributed by atoms with Gasteiger partial charge in [-0.05, 0) is 20.3 Å². The topological polar surface area (TPSA) is 49.2 Å². The number of hydrogen-bond acceptors (Lipinski definition) is 4. The Labute approximate surface area is 111 Å². The first-order chi connectivity index (χ1) is 8.65. The average molecular weight is 253 g/mol. The fraction of sp³-hybridized carbons (Fsp3) is 0.714. The number of aryl methyl sites for hydroxylation is 2. The number of nitrogens with zero attached hydrogens (tertiary/aromatic N) is 3. The quantitative estimate of drug-likeness (QED) is 0.836. The fourth-order valence-electron chi connectivity index (χ4n) is 1.81. The molecule has 0 amide bonds. The lowest BCUT2D eigenvalue weighted by atomic mass is 10.3. The van der Waals surface area contributed by atoms with Gasteiger partial charge in [-0.3, -0.25) is 0 Å². The zero-order valence-electron chi connectivity index (χ0n) is 12.6. The van der Waals surface area contributed by atoms with Gasteiger partial charge in [0.1, 0.15) is 11.6 Å². The molecule has 1 aliphatic rings. The normalized spacial score (nSPS) is 17.5. The van der Waals surface area contributed by atoms with E-state index in [0.29, 0.717) is 6.54 Å². The molecule has 1 aliphatic heterocycles. The maximum Gasteiger partial charge on any atom is 0.132 e. The van der Waals surface area contributed by atoms with Gasteiger partial charge in [-0.25, -0.2) is 9.97 Å². The molecule has 0 radical (unpaired) electrons. The molecule has 1 aromatic rings. The lowest BCUT2D eigenvalue weighted by Crippen LogP contribution is -2.22. The van der Waals surface area contributed by atoms with E-state index < -0.39 is 0 Å². The number of aliphatic hydroxyl groups is 1. The van der Waals surface area contributed by atoms with Gasteiger partial charge in [-0.1, -0.05) is 27.7 Å². The van der Waals surface area contributed by atoms with E-state index in [0.717, 1.165) is 30.3 Å². The first kappa shape index (κ1) is 16.8. The molecule has 18 heavy (non-hydrogen) atoms. The molecule has 0 aliphatic carbocycles. The number of rotatable bonds is 1. The molecule has 1 atom stereocenters. The third kappa shape index (κ3) is 5.00. The highest BCUT2D eigenvalue weighted by atomic mass is 16.3. The van der Waals surface area contributed by atoms with Gasteiger partial charge in [-0.15, -0.1) is 0 Å². The van der Waals surface area contributed by atoms with Gasteiger partial charge in [0.05, 0.1) is 6.10 Å². The van der Waals surface area contributed by atoms with Crippen LogP contribution in [0, 0.1) is 13.8 Å². The Balaban J connectivity index is 0.000000659. The molecule has 1 N–H and O–H groups in total. The van der Waals surface area contributed by atoms with E-state index in [2.05, 4.69) is 14.9 Å². The van der Waals surface area contributed by atoms with E-state index >= 15 is 0 Å². The summed E-state index contributed by atoms with van der Waals surface area (Å²) < 4.78 is 0. The summed E-state index contributed by atoms with van der Waals surface area (Å²) >= 11 is 0. The molecule has 2 heterocycles. The van der Waals surface area contributed by atoms with Crippen molar-refractivity contribution >= 4 is 5.82 Å². The van der Waals surface area contributed by atoms with E-state index in [1.54, 1.807) is 0 Å². The third-order valence-electron chi connectivity index (χ3n) is 2.44. The zero-order valence-corrected chi connectivity index (χ0v) is 12.6. The molecule has 0 saturated carbocycles. The molecule has 1 fully saturated rings. The molecule has 4 heteroatoms. The fourth-order valence-corrected chi connectivity index (χ4v) is 1.81. The van der Waals surface area contributed by atoms with Gasteiger partial charge in [0, 0.05) is 24.8 Å². The monoisotopic (exact) mass is 253 g/mol. The second kappa shape index (κ2) is 8.86. The standard InChI is InChI=1S/C10H15N3O.2C2H6/c1-7-5-10(12-8(2)11-7)13-4-3-9(14)6-13;2*1-2/h5,9,14H,3-4,6H2,1-2H3;2*1-2H3. The van der Waals surface area contributed by atoms with Crippen molar-refractivity contribution < 1.29 is 5.11 Å². The summed E-state index contributed by atoms with van der Waals surface area (Å²) in [6.07, 6.45) is 0.632. The minimum Gasteiger partial charge on any atom is -0.391 e. The Bertz CT molecular complexity index is 322. The minimum absolute atomic E-state index is 0.203. The van der Waals surface area contributed by atoms with Gasteiger partial charge >= 0.3 is 0 Å². The van der Waals surface area contributed by atoms with Crippen LogP contribution in [0.4, 0.5) is 5.82 Å². The summed E-state index contributed by atoms with van der Waals surface area (Å²) in [6, 6.07) is 1.96.